The Morgan fingerprint density at radius 2 is 1.80 bits per heavy atom. The van der Waals surface area contributed by atoms with E-state index in [4.69, 9.17) is 0 Å². The van der Waals surface area contributed by atoms with Crippen LogP contribution in [0.2, 0.25) is 0 Å². The molecule has 4 fully saturated rings. The van der Waals surface area contributed by atoms with Crippen molar-refractivity contribution < 1.29 is 9.59 Å². The summed E-state index contributed by atoms with van der Waals surface area (Å²) < 4.78 is 1.14. The summed E-state index contributed by atoms with van der Waals surface area (Å²) in [5.41, 5.74) is 0.839. The van der Waals surface area contributed by atoms with Gasteiger partial charge in [-0.05, 0) is 75.3 Å². The molecule has 4 saturated carbocycles. The Labute approximate surface area is 182 Å². The van der Waals surface area contributed by atoms with E-state index >= 15 is 0 Å². The summed E-state index contributed by atoms with van der Waals surface area (Å²) in [6.45, 7) is 2.44. The fourth-order valence-corrected chi connectivity index (χ4v) is 7.55. The van der Waals surface area contributed by atoms with Crippen LogP contribution in [0.15, 0.2) is 24.3 Å². The third-order valence-electron chi connectivity index (χ3n) is 7.79. The number of amides is 2. The molecule has 0 saturated heterocycles. The number of para-hydroxylation sites is 1. The molecule has 0 spiro atoms. The number of carbonyl (C=O) groups is 2. The van der Waals surface area contributed by atoms with E-state index in [1.165, 1.54) is 19.3 Å². The highest BCUT2D eigenvalue weighted by Gasteiger charge is 2.54. The van der Waals surface area contributed by atoms with Gasteiger partial charge >= 0.3 is 0 Å². The molecule has 4 aliphatic rings. The number of fused-ring (bicyclic) bond motifs is 1. The van der Waals surface area contributed by atoms with Crippen LogP contribution < -0.4 is 5.32 Å². The average Bonchev–Trinajstić information content (AvgIpc) is 3.15. The van der Waals surface area contributed by atoms with Gasteiger partial charge in [0.2, 0.25) is 11.8 Å². The lowest BCUT2D eigenvalue weighted by Gasteiger charge is -2.55. The Morgan fingerprint density at radius 3 is 2.43 bits per heavy atom. The first-order valence-corrected chi connectivity index (χ1v) is 12.1. The maximum absolute atomic E-state index is 13.1. The molecule has 0 unspecified atom stereocenters. The van der Waals surface area contributed by atoms with Crippen LogP contribution in [-0.4, -0.2) is 35.3 Å². The van der Waals surface area contributed by atoms with E-state index < -0.39 is 0 Å². The van der Waals surface area contributed by atoms with E-state index in [1.807, 2.05) is 32.2 Å². The van der Waals surface area contributed by atoms with E-state index in [2.05, 4.69) is 16.4 Å². The highest BCUT2D eigenvalue weighted by atomic mass is 32.1. The lowest BCUT2D eigenvalue weighted by Crippen LogP contribution is -2.53. The van der Waals surface area contributed by atoms with Crippen molar-refractivity contribution in [3.05, 3.63) is 29.3 Å². The summed E-state index contributed by atoms with van der Waals surface area (Å²) in [5.74, 6) is 2.52. The first-order valence-electron chi connectivity index (χ1n) is 11.3. The van der Waals surface area contributed by atoms with Crippen molar-refractivity contribution in [1.82, 2.24) is 15.2 Å². The minimum atomic E-state index is -0.141. The van der Waals surface area contributed by atoms with Crippen LogP contribution >= 0.6 is 11.3 Å². The van der Waals surface area contributed by atoms with Gasteiger partial charge in [-0.1, -0.05) is 12.1 Å². The maximum atomic E-state index is 13.1. The molecule has 6 rings (SSSR count). The van der Waals surface area contributed by atoms with Crippen molar-refractivity contribution in [1.29, 1.82) is 0 Å². The normalized spacial score (nSPS) is 30.4. The van der Waals surface area contributed by atoms with Crippen LogP contribution in [0.25, 0.3) is 10.2 Å². The Bertz CT molecular complexity index is 900. The van der Waals surface area contributed by atoms with Crippen molar-refractivity contribution in [3.8, 4) is 0 Å². The topological polar surface area (TPSA) is 62.3 Å². The Kier molecular flexibility index (Phi) is 5.08. The van der Waals surface area contributed by atoms with Gasteiger partial charge in [0.05, 0.1) is 16.3 Å². The maximum Gasteiger partial charge on any atom is 0.226 e. The minimum absolute atomic E-state index is 0.0487. The molecule has 1 N–H and O–H groups in total. The Morgan fingerprint density at radius 1 is 1.17 bits per heavy atom. The molecule has 2 aromatic rings. The fourth-order valence-electron chi connectivity index (χ4n) is 6.49. The first-order chi connectivity index (χ1) is 14.4. The molecule has 160 valence electrons. The number of nitrogens with one attached hydrogen (secondary N) is 1. The molecule has 5 nitrogen and oxygen atoms in total. The number of nitrogens with zero attached hydrogens (tertiary/aromatic N) is 2. The summed E-state index contributed by atoms with van der Waals surface area (Å²) >= 11 is 1.64. The van der Waals surface area contributed by atoms with Crippen LogP contribution in [0, 0.1) is 23.2 Å². The van der Waals surface area contributed by atoms with Crippen LogP contribution in [0.4, 0.5) is 0 Å². The predicted octanol–water partition coefficient (Wildman–Crippen LogP) is 4.54. The monoisotopic (exact) mass is 425 g/mol. The molecule has 1 atom stereocenters. The summed E-state index contributed by atoms with van der Waals surface area (Å²) in [6, 6.07) is 7.98. The molecule has 2 amide bonds. The number of hydrogen-bond acceptors (Lipinski definition) is 4. The highest BCUT2D eigenvalue weighted by Crippen LogP contribution is 2.60. The van der Waals surface area contributed by atoms with Crippen LogP contribution in [-0.2, 0) is 9.59 Å². The van der Waals surface area contributed by atoms with Crippen LogP contribution in [0.3, 0.4) is 0 Å². The van der Waals surface area contributed by atoms with Gasteiger partial charge in [-0.2, -0.15) is 0 Å². The quantitative estimate of drug-likeness (QED) is 0.739. The fraction of sp³-hybridized carbons (Fsp3) is 0.625. The van der Waals surface area contributed by atoms with Gasteiger partial charge < -0.3 is 10.2 Å². The zero-order chi connectivity index (χ0) is 20.9. The van der Waals surface area contributed by atoms with E-state index in [1.54, 1.807) is 16.2 Å². The zero-order valence-electron chi connectivity index (χ0n) is 17.9. The molecule has 1 aromatic heterocycles. The number of hydrogen-bond donors (Lipinski definition) is 1. The second-order valence-corrected chi connectivity index (χ2v) is 11.0. The number of thiazole rings is 1. The molecular weight excluding hydrogens is 394 g/mol. The van der Waals surface area contributed by atoms with Crippen molar-refractivity contribution in [3.63, 3.8) is 0 Å². The SMILES string of the molecule is C[C@H](c1nc2ccccc2s1)N(C)C(=O)CCNC(=O)C12CC3CC(CC(C3)C1)C2. The first kappa shape index (κ1) is 20.0. The van der Waals surface area contributed by atoms with E-state index in [9.17, 15) is 9.59 Å². The van der Waals surface area contributed by atoms with Crippen molar-refractivity contribution >= 4 is 33.4 Å². The van der Waals surface area contributed by atoms with Crippen LogP contribution in [0.5, 0.6) is 0 Å². The second kappa shape index (κ2) is 7.63. The van der Waals surface area contributed by atoms with E-state index in [-0.39, 0.29) is 23.3 Å². The molecule has 4 aliphatic carbocycles. The van der Waals surface area contributed by atoms with Crippen molar-refractivity contribution in [2.45, 2.75) is 57.9 Å². The third kappa shape index (κ3) is 3.53. The van der Waals surface area contributed by atoms with Gasteiger partial charge in [-0.25, -0.2) is 4.98 Å². The van der Waals surface area contributed by atoms with Gasteiger partial charge in [0.25, 0.3) is 0 Å². The van der Waals surface area contributed by atoms with E-state index in [0.29, 0.717) is 13.0 Å². The standard InChI is InChI=1S/C24H31N3O2S/c1-15(22-26-19-5-3-4-6-20(19)30-22)27(2)21(28)7-8-25-23(29)24-12-16-9-17(13-24)11-18(10-16)14-24/h3-6,15-18H,7-14H2,1-2H3,(H,25,29)/t15-,16?,17?,18?,24?/m1/s1. The summed E-state index contributed by atoms with van der Waals surface area (Å²) in [7, 11) is 1.83. The smallest absolute Gasteiger partial charge is 0.226 e. The molecular formula is C24H31N3O2S. The lowest BCUT2D eigenvalue weighted by atomic mass is 9.49. The molecule has 1 aromatic carbocycles. The largest absolute Gasteiger partial charge is 0.355 e. The molecule has 6 heteroatoms. The average molecular weight is 426 g/mol. The minimum Gasteiger partial charge on any atom is -0.355 e. The third-order valence-corrected chi connectivity index (χ3v) is 8.99. The summed E-state index contributed by atoms with van der Waals surface area (Å²) in [6.07, 6.45) is 7.52. The van der Waals surface area contributed by atoms with Gasteiger partial charge in [-0.15, -0.1) is 11.3 Å². The van der Waals surface area contributed by atoms with Gasteiger partial charge in [0.1, 0.15) is 5.01 Å². The van der Waals surface area contributed by atoms with E-state index in [0.717, 1.165) is 52.2 Å². The van der Waals surface area contributed by atoms with Gasteiger partial charge in [-0.3, -0.25) is 9.59 Å². The van der Waals surface area contributed by atoms with Crippen LogP contribution in [0.1, 0.15) is 62.9 Å². The zero-order valence-corrected chi connectivity index (χ0v) is 18.7. The molecule has 0 aliphatic heterocycles. The molecule has 1 heterocycles. The molecule has 0 radical (unpaired) electrons. The number of carbonyl (C=O) groups excluding carboxylic acids is 2. The number of benzene rings is 1. The highest BCUT2D eigenvalue weighted by molar-refractivity contribution is 7.18. The summed E-state index contributed by atoms with van der Waals surface area (Å²) in [5, 5.41) is 4.07. The van der Waals surface area contributed by atoms with Crippen molar-refractivity contribution in [2.75, 3.05) is 13.6 Å². The second-order valence-electron chi connectivity index (χ2n) is 9.90. The Balaban J connectivity index is 1.15. The summed E-state index contributed by atoms with van der Waals surface area (Å²) in [4.78, 5) is 32.3. The van der Waals surface area contributed by atoms with Gasteiger partial charge in [0.15, 0.2) is 0 Å². The lowest BCUT2D eigenvalue weighted by molar-refractivity contribution is -0.146. The number of rotatable bonds is 6. The van der Waals surface area contributed by atoms with Crippen molar-refractivity contribution in [2.24, 2.45) is 23.2 Å². The number of aromatic nitrogens is 1. The molecule has 30 heavy (non-hydrogen) atoms. The Hall–Kier alpha value is -1.95. The predicted molar refractivity (Wildman–Crippen MR) is 119 cm³/mol. The molecule has 4 bridgehead atoms. The van der Waals surface area contributed by atoms with Gasteiger partial charge in [0, 0.05) is 25.4 Å².